The number of hydrogen-bond acceptors (Lipinski definition) is 8. The minimum atomic E-state index is -0.915. The number of H-pyrrole nitrogens is 1. The van der Waals surface area contributed by atoms with Gasteiger partial charge in [-0.05, 0) is 111 Å². The number of carbonyl (C=O) groups is 3. The molecule has 0 aliphatic heterocycles. The average molecular weight is 625 g/mol. The van der Waals surface area contributed by atoms with E-state index in [1.165, 1.54) is 0 Å². The van der Waals surface area contributed by atoms with Gasteiger partial charge in [0.25, 0.3) is 0 Å². The van der Waals surface area contributed by atoms with Crippen LogP contribution in [0, 0.1) is 11.8 Å². The Kier molecular flexibility index (Phi) is 10.0. The van der Waals surface area contributed by atoms with E-state index in [-0.39, 0.29) is 24.2 Å². The van der Waals surface area contributed by atoms with Crippen LogP contribution in [0.2, 0.25) is 0 Å². The number of pyridine rings is 1. The molecule has 46 heavy (non-hydrogen) atoms. The minimum absolute atomic E-state index is 0.150. The molecule has 12 nitrogen and oxygen atoms in total. The number of rotatable bonds is 10. The van der Waals surface area contributed by atoms with Crippen molar-refractivity contribution in [2.24, 2.45) is 17.6 Å². The molecule has 0 saturated heterocycles. The molecule has 0 radical (unpaired) electrons. The summed E-state index contributed by atoms with van der Waals surface area (Å²) in [5, 5.41) is 17.0. The molecule has 12 heteroatoms. The van der Waals surface area contributed by atoms with Gasteiger partial charge in [0.1, 0.15) is 11.6 Å². The van der Waals surface area contributed by atoms with Gasteiger partial charge in [0.2, 0.25) is 17.6 Å². The Bertz CT molecular complexity index is 1600. The number of aromatic nitrogens is 5. The van der Waals surface area contributed by atoms with Crippen molar-refractivity contribution < 1.29 is 19.1 Å². The van der Waals surface area contributed by atoms with Crippen LogP contribution in [0.4, 0.5) is 10.5 Å². The number of nitrogens with two attached hydrogens (primary N) is 1. The summed E-state index contributed by atoms with van der Waals surface area (Å²) in [5.41, 5.74) is 9.65. The van der Waals surface area contributed by atoms with E-state index in [2.05, 4.69) is 30.9 Å². The summed E-state index contributed by atoms with van der Waals surface area (Å²) in [5.74, 6) is -0.397. The highest BCUT2D eigenvalue weighted by atomic mass is 16.6. The molecule has 1 aliphatic carbocycles. The Morgan fingerprint density at radius 1 is 0.935 bits per heavy atom. The van der Waals surface area contributed by atoms with Crippen LogP contribution < -0.4 is 16.0 Å². The highest BCUT2D eigenvalue weighted by Gasteiger charge is 2.36. The van der Waals surface area contributed by atoms with Crippen LogP contribution in [0.5, 0.6) is 0 Å². The number of nitrogens with one attached hydrogen (secondary N) is 2. The molecule has 3 amide bonds. The molecule has 0 unspecified atom stereocenters. The topological polar surface area (TPSA) is 169 Å². The third-order valence-electron chi connectivity index (χ3n) is 8.15. The van der Waals surface area contributed by atoms with E-state index in [4.69, 9.17) is 10.5 Å². The molecule has 2 heterocycles. The predicted molar refractivity (Wildman–Crippen MR) is 173 cm³/mol. The lowest BCUT2D eigenvalue weighted by Crippen LogP contribution is -2.52. The first kappa shape index (κ1) is 32.3. The van der Waals surface area contributed by atoms with E-state index in [0.29, 0.717) is 36.5 Å². The van der Waals surface area contributed by atoms with Crippen LogP contribution in [0.25, 0.3) is 22.5 Å². The lowest BCUT2D eigenvalue weighted by atomic mass is 9.81. The Balaban J connectivity index is 1.34. The van der Waals surface area contributed by atoms with Crippen molar-refractivity contribution in [3.63, 3.8) is 0 Å². The number of tetrazole rings is 1. The third-order valence-corrected chi connectivity index (χ3v) is 8.15. The number of anilines is 1. The van der Waals surface area contributed by atoms with E-state index in [1.54, 1.807) is 41.6 Å². The molecule has 1 aliphatic rings. The largest absolute Gasteiger partial charge is 0.444 e. The maximum absolute atomic E-state index is 14.3. The molecule has 1 fully saturated rings. The van der Waals surface area contributed by atoms with Gasteiger partial charge >= 0.3 is 6.09 Å². The van der Waals surface area contributed by atoms with Crippen molar-refractivity contribution in [1.82, 2.24) is 30.9 Å². The zero-order valence-electron chi connectivity index (χ0n) is 26.3. The van der Waals surface area contributed by atoms with Crippen molar-refractivity contribution in [2.75, 3.05) is 11.4 Å². The normalized spacial score (nSPS) is 17.1. The number of hydrogen-bond donors (Lipinski definition) is 3. The average Bonchev–Trinajstić information content (AvgIpc) is 3.59. The van der Waals surface area contributed by atoms with Crippen molar-refractivity contribution in [3.8, 4) is 22.5 Å². The number of alkyl carbamates (subject to hydrolysis) is 1. The van der Waals surface area contributed by atoms with E-state index in [1.807, 2.05) is 57.2 Å². The van der Waals surface area contributed by atoms with Crippen LogP contribution in [-0.4, -0.2) is 61.7 Å². The molecule has 2 aromatic carbocycles. The number of primary amides is 1. The molecule has 1 saturated carbocycles. The SMILES string of the molecule is CC(C)(C)OC(=O)NCC1CCC(C(=O)N(c2ccc(-c3nn[nH]n3)cc2)[C@@H](Cc2ccc(-c3ccncc3)cc2)C(N)=O)CC1. The number of benzene rings is 2. The van der Waals surface area contributed by atoms with Gasteiger partial charge in [-0.25, -0.2) is 4.79 Å². The Morgan fingerprint density at radius 2 is 1.57 bits per heavy atom. The summed E-state index contributed by atoms with van der Waals surface area (Å²) in [4.78, 5) is 45.2. The quantitative estimate of drug-likeness (QED) is 0.228. The summed E-state index contributed by atoms with van der Waals surface area (Å²) in [6.07, 6.45) is 6.06. The van der Waals surface area contributed by atoms with Gasteiger partial charge in [-0.3, -0.25) is 19.5 Å². The van der Waals surface area contributed by atoms with Crippen LogP contribution in [0.15, 0.2) is 73.1 Å². The second-order valence-electron chi connectivity index (χ2n) is 12.6. The molecule has 1 atom stereocenters. The van der Waals surface area contributed by atoms with E-state index in [0.717, 1.165) is 29.5 Å². The monoisotopic (exact) mass is 624 g/mol. The van der Waals surface area contributed by atoms with Crippen molar-refractivity contribution in [1.29, 1.82) is 0 Å². The Morgan fingerprint density at radius 3 is 2.15 bits per heavy atom. The zero-order chi connectivity index (χ0) is 32.7. The number of nitrogens with zero attached hydrogens (tertiary/aromatic N) is 5. The van der Waals surface area contributed by atoms with Crippen LogP contribution >= 0.6 is 0 Å². The van der Waals surface area contributed by atoms with Gasteiger partial charge in [0.15, 0.2) is 0 Å². The van der Waals surface area contributed by atoms with Crippen LogP contribution in [-0.2, 0) is 20.7 Å². The highest BCUT2D eigenvalue weighted by molar-refractivity contribution is 6.01. The first-order valence-electron chi connectivity index (χ1n) is 15.5. The fourth-order valence-electron chi connectivity index (χ4n) is 5.79. The van der Waals surface area contributed by atoms with Gasteiger partial charge in [-0.2, -0.15) is 5.21 Å². The van der Waals surface area contributed by atoms with Gasteiger partial charge < -0.3 is 15.8 Å². The summed E-state index contributed by atoms with van der Waals surface area (Å²) in [6, 6.07) is 18.0. The van der Waals surface area contributed by atoms with Crippen LogP contribution in [0.3, 0.4) is 0 Å². The smallest absolute Gasteiger partial charge is 0.407 e. The molecule has 5 rings (SSSR count). The molecule has 0 bridgehead atoms. The first-order valence-corrected chi connectivity index (χ1v) is 15.5. The summed E-state index contributed by atoms with van der Waals surface area (Å²) >= 11 is 0. The summed E-state index contributed by atoms with van der Waals surface area (Å²) in [6.45, 7) is 5.96. The minimum Gasteiger partial charge on any atom is -0.444 e. The van der Waals surface area contributed by atoms with E-state index < -0.39 is 23.6 Å². The summed E-state index contributed by atoms with van der Waals surface area (Å²) in [7, 11) is 0. The maximum atomic E-state index is 14.3. The lowest BCUT2D eigenvalue weighted by Gasteiger charge is -2.36. The second-order valence-corrected chi connectivity index (χ2v) is 12.6. The number of amides is 3. The standard InChI is InChI=1S/C34H40N8O4/c1-34(2,3)46-33(45)37-21-23-6-10-27(11-7-23)32(44)42(28-14-12-26(13-15-28)31-38-40-41-39-31)29(30(35)43)20-22-4-8-24(9-5-22)25-16-18-36-19-17-25/h4-5,8-9,12-19,23,27,29H,6-7,10-11,20-21H2,1-3H3,(H2,35,43)(H,37,45)(H,38,39,40,41)/t23?,27?,29-/m0/s1. The Hall–Kier alpha value is -5.13. The van der Waals surface area contributed by atoms with Gasteiger partial charge in [0.05, 0.1) is 0 Å². The third kappa shape index (κ3) is 8.32. The molecule has 0 spiro atoms. The number of ether oxygens (including phenoxy) is 1. The summed E-state index contributed by atoms with van der Waals surface area (Å²) < 4.78 is 5.36. The molecule has 240 valence electrons. The maximum Gasteiger partial charge on any atom is 0.407 e. The fourth-order valence-corrected chi connectivity index (χ4v) is 5.79. The first-order chi connectivity index (χ1) is 22.1. The van der Waals surface area contributed by atoms with Gasteiger partial charge in [0, 0.05) is 42.5 Å². The molecule has 2 aromatic heterocycles. The molecule has 4 aromatic rings. The van der Waals surface area contributed by atoms with Gasteiger partial charge in [-0.15, -0.1) is 10.2 Å². The lowest BCUT2D eigenvalue weighted by molar-refractivity contribution is -0.127. The fraction of sp³-hybridized carbons (Fsp3) is 0.382. The van der Waals surface area contributed by atoms with E-state index in [9.17, 15) is 14.4 Å². The van der Waals surface area contributed by atoms with E-state index >= 15 is 0 Å². The second kappa shape index (κ2) is 14.3. The van der Waals surface area contributed by atoms with Crippen LogP contribution in [0.1, 0.15) is 52.0 Å². The molecule has 4 N–H and O–H groups in total. The Labute approximate surface area is 268 Å². The zero-order valence-corrected chi connectivity index (χ0v) is 26.3. The molecular formula is C34H40N8O4. The van der Waals surface area contributed by atoms with Crippen molar-refractivity contribution in [2.45, 2.75) is 64.5 Å². The van der Waals surface area contributed by atoms with Gasteiger partial charge in [-0.1, -0.05) is 24.3 Å². The molecular weight excluding hydrogens is 584 g/mol. The predicted octanol–water partition coefficient (Wildman–Crippen LogP) is 4.69. The number of carbonyl (C=O) groups excluding carboxylic acids is 3. The van der Waals surface area contributed by atoms with Crippen molar-refractivity contribution >= 4 is 23.6 Å². The highest BCUT2D eigenvalue weighted by Crippen LogP contribution is 2.33. The number of aromatic amines is 1. The van der Waals surface area contributed by atoms with Crippen molar-refractivity contribution in [3.05, 3.63) is 78.6 Å².